The molecule has 2 saturated heterocycles. The summed E-state index contributed by atoms with van der Waals surface area (Å²) >= 11 is 0. The Morgan fingerprint density at radius 3 is 2.68 bits per heavy atom. The molecule has 10 heteroatoms. The SMILES string of the molecule is COc1cc(-c2ccc(-c3ncc(N(C4CC4)[C@@H]4C[C@H]5CC[C@H](N5)[C@@H]4F)nn3)c(O)c2)cnn1. The van der Waals surface area contributed by atoms with Crippen molar-refractivity contribution in [2.24, 2.45) is 0 Å². The Balaban J connectivity index is 1.26. The monoisotopic (exact) mass is 463 g/mol. The Hall–Kier alpha value is -3.40. The number of alkyl halides is 1. The second-order valence-corrected chi connectivity index (χ2v) is 9.29. The van der Waals surface area contributed by atoms with Gasteiger partial charge in [-0.15, -0.1) is 15.3 Å². The number of methoxy groups -OCH3 is 1. The summed E-state index contributed by atoms with van der Waals surface area (Å²) in [7, 11) is 1.52. The van der Waals surface area contributed by atoms with Crippen molar-refractivity contribution in [2.75, 3.05) is 12.0 Å². The van der Waals surface area contributed by atoms with Crippen LogP contribution in [0.25, 0.3) is 22.5 Å². The fourth-order valence-corrected chi connectivity index (χ4v) is 5.24. The fourth-order valence-electron chi connectivity index (χ4n) is 5.24. The minimum Gasteiger partial charge on any atom is -0.507 e. The number of halogens is 1. The van der Waals surface area contributed by atoms with Crippen LogP contribution in [0.3, 0.4) is 0 Å². The molecule has 2 N–H and O–H groups in total. The number of ether oxygens (including phenoxy) is 1. The molecule has 4 heterocycles. The highest BCUT2D eigenvalue weighted by Gasteiger charge is 2.48. The summed E-state index contributed by atoms with van der Waals surface area (Å²) in [4.78, 5) is 6.59. The summed E-state index contributed by atoms with van der Waals surface area (Å²) in [5, 5.41) is 30.6. The van der Waals surface area contributed by atoms with Crippen molar-refractivity contribution in [1.29, 1.82) is 0 Å². The molecule has 2 bridgehead atoms. The highest BCUT2D eigenvalue weighted by molar-refractivity contribution is 5.72. The molecular weight excluding hydrogens is 437 g/mol. The lowest BCUT2D eigenvalue weighted by Gasteiger charge is -2.40. The van der Waals surface area contributed by atoms with Gasteiger partial charge in [0.05, 0.1) is 31.1 Å². The van der Waals surface area contributed by atoms with Crippen LogP contribution in [0.15, 0.2) is 36.7 Å². The lowest BCUT2D eigenvalue weighted by atomic mass is 9.96. The van der Waals surface area contributed by atoms with Crippen LogP contribution >= 0.6 is 0 Å². The fraction of sp³-hybridized carbons (Fsp3) is 0.458. The van der Waals surface area contributed by atoms with Crippen molar-refractivity contribution in [3.05, 3.63) is 36.7 Å². The van der Waals surface area contributed by atoms with Crippen LogP contribution in [0.4, 0.5) is 10.2 Å². The number of nitrogens with zero attached hydrogens (tertiary/aromatic N) is 6. The Labute approximate surface area is 196 Å². The van der Waals surface area contributed by atoms with Crippen molar-refractivity contribution in [2.45, 2.75) is 62.4 Å². The first-order valence-corrected chi connectivity index (χ1v) is 11.7. The highest BCUT2D eigenvalue weighted by Crippen LogP contribution is 2.40. The number of anilines is 1. The van der Waals surface area contributed by atoms with Gasteiger partial charge < -0.3 is 20.1 Å². The van der Waals surface area contributed by atoms with Gasteiger partial charge in [-0.2, -0.15) is 5.10 Å². The largest absolute Gasteiger partial charge is 0.507 e. The molecule has 1 saturated carbocycles. The predicted molar refractivity (Wildman–Crippen MR) is 123 cm³/mol. The van der Waals surface area contributed by atoms with E-state index >= 15 is 4.39 Å². The lowest BCUT2D eigenvalue weighted by Crippen LogP contribution is -2.57. The van der Waals surface area contributed by atoms with Crippen molar-refractivity contribution in [3.63, 3.8) is 0 Å². The van der Waals surface area contributed by atoms with Gasteiger partial charge in [0.2, 0.25) is 5.88 Å². The summed E-state index contributed by atoms with van der Waals surface area (Å²) in [6.07, 6.45) is 7.08. The lowest BCUT2D eigenvalue weighted by molar-refractivity contribution is 0.171. The Morgan fingerprint density at radius 1 is 1.06 bits per heavy atom. The summed E-state index contributed by atoms with van der Waals surface area (Å²) in [6.45, 7) is 0. The van der Waals surface area contributed by atoms with E-state index < -0.39 is 6.17 Å². The molecule has 2 aromatic heterocycles. The Morgan fingerprint density at radius 2 is 1.94 bits per heavy atom. The molecule has 2 aliphatic heterocycles. The number of phenols is 1. The minimum atomic E-state index is -0.932. The molecule has 3 fully saturated rings. The van der Waals surface area contributed by atoms with E-state index in [0.717, 1.165) is 43.2 Å². The minimum absolute atomic E-state index is 0.0284. The first-order chi connectivity index (χ1) is 16.6. The first kappa shape index (κ1) is 21.2. The maximum Gasteiger partial charge on any atom is 0.233 e. The zero-order valence-electron chi connectivity index (χ0n) is 18.8. The molecule has 1 aromatic carbocycles. The van der Waals surface area contributed by atoms with Gasteiger partial charge in [0.1, 0.15) is 11.9 Å². The van der Waals surface area contributed by atoms with Gasteiger partial charge in [0, 0.05) is 29.8 Å². The van der Waals surface area contributed by atoms with E-state index in [0.29, 0.717) is 35.2 Å². The number of phenolic OH excluding ortho intramolecular Hbond substituents is 1. The predicted octanol–water partition coefficient (Wildman–Crippen LogP) is 2.91. The van der Waals surface area contributed by atoms with Crippen LogP contribution in [-0.4, -0.2) is 67.9 Å². The molecule has 0 spiro atoms. The number of piperidine rings is 1. The third-order valence-corrected chi connectivity index (χ3v) is 7.08. The van der Waals surface area contributed by atoms with Gasteiger partial charge in [0.25, 0.3) is 0 Å². The zero-order valence-corrected chi connectivity index (χ0v) is 18.8. The molecule has 9 nitrogen and oxygen atoms in total. The van der Waals surface area contributed by atoms with Gasteiger partial charge in [-0.1, -0.05) is 6.07 Å². The second kappa shape index (κ2) is 8.43. The van der Waals surface area contributed by atoms with Crippen molar-refractivity contribution < 1.29 is 14.2 Å². The summed E-state index contributed by atoms with van der Waals surface area (Å²) < 4.78 is 20.4. The van der Waals surface area contributed by atoms with Gasteiger partial charge in [-0.25, -0.2) is 9.37 Å². The Bertz CT molecular complexity index is 1190. The van der Waals surface area contributed by atoms with E-state index in [2.05, 4.69) is 35.6 Å². The van der Waals surface area contributed by atoms with Crippen LogP contribution in [-0.2, 0) is 0 Å². The van der Waals surface area contributed by atoms with Crippen LogP contribution in [0.1, 0.15) is 32.1 Å². The third kappa shape index (κ3) is 3.81. The average molecular weight is 464 g/mol. The number of aromatic nitrogens is 5. The number of hydrogen-bond acceptors (Lipinski definition) is 9. The van der Waals surface area contributed by atoms with Gasteiger partial charge >= 0.3 is 0 Å². The molecular formula is C24H26FN7O2. The van der Waals surface area contributed by atoms with Crippen molar-refractivity contribution >= 4 is 5.82 Å². The number of aromatic hydroxyl groups is 1. The van der Waals surface area contributed by atoms with Crippen molar-refractivity contribution in [3.8, 4) is 34.1 Å². The molecule has 4 atom stereocenters. The second-order valence-electron chi connectivity index (χ2n) is 9.29. The maximum atomic E-state index is 15.3. The van der Waals surface area contributed by atoms with Crippen LogP contribution < -0.4 is 15.0 Å². The van der Waals surface area contributed by atoms with Crippen LogP contribution in [0, 0.1) is 0 Å². The van der Waals surface area contributed by atoms with Crippen LogP contribution in [0.5, 0.6) is 11.6 Å². The third-order valence-electron chi connectivity index (χ3n) is 7.08. The zero-order chi connectivity index (χ0) is 23.2. The summed E-state index contributed by atoms with van der Waals surface area (Å²) in [5.41, 5.74) is 1.99. The first-order valence-electron chi connectivity index (χ1n) is 11.7. The van der Waals surface area contributed by atoms with Gasteiger partial charge in [-0.3, -0.25) is 0 Å². The molecule has 1 aliphatic carbocycles. The maximum absolute atomic E-state index is 15.3. The number of benzene rings is 1. The van der Waals surface area contributed by atoms with E-state index in [1.165, 1.54) is 7.11 Å². The number of rotatable bonds is 6. The number of hydrogen-bond donors (Lipinski definition) is 2. The molecule has 176 valence electrons. The van der Waals surface area contributed by atoms with E-state index in [4.69, 9.17) is 4.74 Å². The van der Waals surface area contributed by atoms with Gasteiger partial charge in [-0.05, 0) is 49.8 Å². The highest BCUT2D eigenvalue weighted by atomic mass is 19.1. The molecule has 3 aliphatic rings. The molecule has 0 unspecified atom stereocenters. The molecule has 6 rings (SSSR count). The topological polar surface area (TPSA) is 109 Å². The quantitative estimate of drug-likeness (QED) is 0.570. The normalized spacial score (nSPS) is 25.8. The molecule has 0 radical (unpaired) electrons. The smallest absolute Gasteiger partial charge is 0.233 e. The van der Waals surface area contributed by atoms with Crippen LogP contribution in [0.2, 0.25) is 0 Å². The molecule has 34 heavy (non-hydrogen) atoms. The van der Waals surface area contributed by atoms with Gasteiger partial charge in [0.15, 0.2) is 11.6 Å². The standard InChI is InChI=1S/C24H26FN7O2/c1-34-22-9-14(11-27-30-22)13-2-6-17(20(33)8-13)24-26-12-21(29-31-24)32(16-4-5-16)19-10-15-3-7-18(28-15)23(19)25/h2,6,8-9,11-12,15-16,18-19,23,28,33H,3-5,7,10H2,1H3/t15-,18+,19-,23+/m1/s1. The number of fused-ring (bicyclic) bond motifs is 2. The van der Waals surface area contributed by atoms with Crippen molar-refractivity contribution in [1.82, 2.24) is 30.7 Å². The molecule has 0 amide bonds. The number of nitrogens with one attached hydrogen (secondary N) is 1. The summed E-state index contributed by atoms with van der Waals surface area (Å²) in [5.74, 6) is 1.34. The average Bonchev–Trinajstić information content (AvgIpc) is 3.62. The van der Waals surface area contributed by atoms with E-state index in [9.17, 15) is 5.11 Å². The van der Waals surface area contributed by atoms with E-state index in [1.54, 1.807) is 30.6 Å². The van der Waals surface area contributed by atoms with E-state index in [1.807, 2.05) is 6.07 Å². The summed E-state index contributed by atoms with van der Waals surface area (Å²) in [6, 6.07) is 7.34. The molecule has 3 aromatic rings. The van der Waals surface area contributed by atoms with E-state index in [-0.39, 0.29) is 17.8 Å². The Kier molecular flexibility index (Phi) is 5.24.